The van der Waals surface area contributed by atoms with E-state index in [1.54, 1.807) is 6.26 Å². The predicted molar refractivity (Wildman–Crippen MR) is 56.8 cm³/mol. The first-order valence-electron chi connectivity index (χ1n) is 3.73. The topological polar surface area (TPSA) is 80.4 Å². The highest BCUT2D eigenvalue weighted by Crippen LogP contribution is 2.36. The summed E-state index contributed by atoms with van der Waals surface area (Å²) in [4.78, 5) is 20.9. The van der Waals surface area contributed by atoms with Crippen molar-refractivity contribution in [1.29, 1.82) is 0 Å². The summed E-state index contributed by atoms with van der Waals surface area (Å²) in [5, 5.41) is 19.4. The maximum atomic E-state index is 10.8. The Balaban J connectivity index is 3.54. The molecule has 0 saturated carbocycles. The van der Waals surface area contributed by atoms with Gasteiger partial charge in [0.1, 0.15) is 9.92 Å². The minimum atomic E-state index is -1.21. The van der Waals surface area contributed by atoms with Crippen molar-refractivity contribution in [2.24, 2.45) is 0 Å². The van der Waals surface area contributed by atoms with Crippen LogP contribution in [0.1, 0.15) is 10.4 Å². The van der Waals surface area contributed by atoms with Gasteiger partial charge in [0.15, 0.2) is 0 Å². The Morgan fingerprint density at radius 3 is 2.60 bits per heavy atom. The average molecular weight is 248 g/mol. The lowest BCUT2D eigenvalue weighted by atomic mass is 10.2. The molecule has 0 heterocycles. The lowest BCUT2D eigenvalue weighted by Crippen LogP contribution is -2.02. The number of thioether (sulfide) groups is 1. The number of hydrogen-bond donors (Lipinski definition) is 1. The first-order valence-corrected chi connectivity index (χ1v) is 5.33. The van der Waals surface area contributed by atoms with Gasteiger partial charge >= 0.3 is 11.7 Å². The highest BCUT2D eigenvalue weighted by atomic mass is 35.5. The molecule has 0 aromatic heterocycles. The quantitative estimate of drug-likeness (QED) is 0.505. The Hall–Kier alpha value is -1.27. The summed E-state index contributed by atoms with van der Waals surface area (Å²) in [6.07, 6.45) is 1.56. The van der Waals surface area contributed by atoms with Gasteiger partial charge in [-0.3, -0.25) is 10.1 Å². The van der Waals surface area contributed by atoms with Gasteiger partial charge in [0.05, 0.1) is 10.5 Å². The summed E-state index contributed by atoms with van der Waals surface area (Å²) >= 11 is 6.62. The van der Waals surface area contributed by atoms with Crippen LogP contribution >= 0.6 is 23.4 Å². The van der Waals surface area contributed by atoms with Crippen LogP contribution in [0.15, 0.2) is 17.0 Å². The van der Waals surface area contributed by atoms with Crippen molar-refractivity contribution >= 4 is 35.0 Å². The zero-order valence-corrected chi connectivity index (χ0v) is 9.13. The molecule has 0 aliphatic carbocycles. The molecule has 80 valence electrons. The Kier molecular flexibility index (Phi) is 3.54. The molecule has 7 heteroatoms. The number of nitrogens with zero attached hydrogens (tertiary/aromatic N) is 1. The number of benzene rings is 1. The van der Waals surface area contributed by atoms with Gasteiger partial charge < -0.3 is 5.11 Å². The predicted octanol–water partition coefficient (Wildman–Crippen LogP) is 2.67. The Morgan fingerprint density at radius 2 is 2.20 bits per heavy atom. The van der Waals surface area contributed by atoms with Crippen LogP contribution in [0.5, 0.6) is 0 Å². The maximum Gasteiger partial charge on any atom is 0.337 e. The second-order valence-corrected chi connectivity index (χ2v) is 3.76. The minimum Gasteiger partial charge on any atom is -0.478 e. The van der Waals surface area contributed by atoms with E-state index in [1.165, 1.54) is 12.1 Å². The summed E-state index contributed by atoms with van der Waals surface area (Å²) in [6, 6.07) is 2.46. The molecule has 1 aromatic carbocycles. The SMILES string of the molecule is CSc1c(C(=O)O)ccc(Cl)c1[N+](=O)[O-]. The third-order valence-electron chi connectivity index (χ3n) is 1.70. The van der Waals surface area contributed by atoms with Crippen molar-refractivity contribution in [2.75, 3.05) is 6.26 Å². The molecule has 1 N–H and O–H groups in total. The van der Waals surface area contributed by atoms with E-state index in [0.29, 0.717) is 0 Å². The van der Waals surface area contributed by atoms with Gasteiger partial charge in [0.2, 0.25) is 0 Å². The summed E-state index contributed by atoms with van der Waals surface area (Å²) in [5.41, 5.74) is -0.470. The van der Waals surface area contributed by atoms with Crippen LogP contribution in [0.4, 0.5) is 5.69 Å². The summed E-state index contributed by atoms with van der Waals surface area (Å²) in [6.45, 7) is 0. The van der Waals surface area contributed by atoms with Crippen LogP contribution in [0, 0.1) is 10.1 Å². The van der Waals surface area contributed by atoms with Crippen LogP contribution in [0.2, 0.25) is 5.02 Å². The highest BCUT2D eigenvalue weighted by molar-refractivity contribution is 7.98. The van der Waals surface area contributed by atoms with E-state index in [9.17, 15) is 14.9 Å². The lowest BCUT2D eigenvalue weighted by Gasteiger charge is -2.04. The second kappa shape index (κ2) is 4.50. The maximum absolute atomic E-state index is 10.8. The van der Waals surface area contributed by atoms with Crippen LogP contribution < -0.4 is 0 Å². The first kappa shape index (κ1) is 11.8. The second-order valence-electron chi connectivity index (χ2n) is 2.54. The van der Waals surface area contributed by atoms with Crippen molar-refractivity contribution in [3.05, 3.63) is 32.8 Å². The summed E-state index contributed by atoms with van der Waals surface area (Å²) < 4.78 is 0. The molecule has 0 unspecified atom stereocenters. The molecule has 5 nitrogen and oxygen atoms in total. The van der Waals surface area contributed by atoms with Crippen molar-refractivity contribution in [3.63, 3.8) is 0 Å². The molecule has 0 bridgehead atoms. The van der Waals surface area contributed by atoms with Crippen LogP contribution in [0.3, 0.4) is 0 Å². The van der Waals surface area contributed by atoms with Gasteiger partial charge in [-0.1, -0.05) is 11.6 Å². The highest BCUT2D eigenvalue weighted by Gasteiger charge is 2.24. The van der Waals surface area contributed by atoms with E-state index < -0.39 is 10.9 Å². The van der Waals surface area contributed by atoms with Gasteiger partial charge in [0.25, 0.3) is 0 Å². The Bertz CT molecular complexity index is 435. The van der Waals surface area contributed by atoms with Gasteiger partial charge in [-0.15, -0.1) is 11.8 Å². The van der Waals surface area contributed by atoms with E-state index >= 15 is 0 Å². The van der Waals surface area contributed by atoms with E-state index in [4.69, 9.17) is 16.7 Å². The standard InChI is InChI=1S/C8H6ClNO4S/c1-15-7-4(8(11)12)2-3-5(9)6(7)10(13)14/h2-3H,1H3,(H,11,12). The third kappa shape index (κ3) is 2.21. The molecule has 0 fully saturated rings. The number of carboxylic acid groups (broad SMARTS) is 1. The molecular weight excluding hydrogens is 242 g/mol. The smallest absolute Gasteiger partial charge is 0.337 e. The zero-order valence-electron chi connectivity index (χ0n) is 7.56. The van der Waals surface area contributed by atoms with Gasteiger partial charge in [-0.25, -0.2) is 4.79 Å². The molecule has 0 spiro atoms. The lowest BCUT2D eigenvalue weighted by molar-refractivity contribution is -0.387. The molecule has 0 aliphatic heterocycles. The van der Waals surface area contributed by atoms with E-state index in [1.807, 2.05) is 0 Å². The fraction of sp³-hybridized carbons (Fsp3) is 0.125. The van der Waals surface area contributed by atoms with Crippen LogP contribution in [0.25, 0.3) is 0 Å². The Labute approximate surface area is 94.2 Å². The number of nitro groups is 1. The van der Waals surface area contributed by atoms with E-state index in [-0.39, 0.29) is 21.2 Å². The molecule has 0 amide bonds. The molecule has 1 rings (SSSR count). The van der Waals surface area contributed by atoms with E-state index in [0.717, 1.165) is 11.8 Å². The van der Waals surface area contributed by atoms with Crippen LogP contribution in [-0.4, -0.2) is 22.3 Å². The number of rotatable bonds is 3. The Morgan fingerprint density at radius 1 is 1.60 bits per heavy atom. The van der Waals surface area contributed by atoms with Crippen molar-refractivity contribution in [1.82, 2.24) is 0 Å². The summed E-state index contributed by atoms with van der Waals surface area (Å²) in [5.74, 6) is -1.21. The number of hydrogen-bond acceptors (Lipinski definition) is 4. The molecule has 0 radical (unpaired) electrons. The number of aromatic carboxylic acids is 1. The normalized spacial score (nSPS) is 10.0. The zero-order chi connectivity index (χ0) is 11.6. The fourth-order valence-corrected chi connectivity index (χ4v) is 2.13. The third-order valence-corrected chi connectivity index (χ3v) is 2.83. The van der Waals surface area contributed by atoms with Crippen molar-refractivity contribution < 1.29 is 14.8 Å². The number of carbonyl (C=O) groups is 1. The number of halogens is 1. The monoisotopic (exact) mass is 247 g/mol. The van der Waals surface area contributed by atoms with Crippen LogP contribution in [-0.2, 0) is 0 Å². The molecule has 0 aliphatic rings. The average Bonchev–Trinajstić information content (AvgIpc) is 2.15. The first-order chi connectivity index (χ1) is 6.99. The summed E-state index contributed by atoms with van der Waals surface area (Å²) in [7, 11) is 0. The molecule has 0 atom stereocenters. The van der Waals surface area contributed by atoms with Crippen molar-refractivity contribution in [2.45, 2.75) is 4.90 Å². The molecule has 15 heavy (non-hydrogen) atoms. The van der Waals surface area contributed by atoms with Crippen molar-refractivity contribution in [3.8, 4) is 0 Å². The van der Waals surface area contributed by atoms with E-state index in [2.05, 4.69) is 0 Å². The van der Waals surface area contributed by atoms with Gasteiger partial charge in [0, 0.05) is 0 Å². The number of carboxylic acids is 1. The molecule has 1 aromatic rings. The fourth-order valence-electron chi connectivity index (χ4n) is 1.09. The minimum absolute atomic E-state index is 0.0608. The number of nitro benzene ring substituents is 1. The largest absolute Gasteiger partial charge is 0.478 e. The van der Waals surface area contributed by atoms with Gasteiger partial charge in [-0.2, -0.15) is 0 Å². The van der Waals surface area contributed by atoms with Gasteiger partial charge in [-0.05, 0) is 18.4 Å². The molecule has 0 saturated heterocycles. The molecular formula is C8H6ClNO4S.